The van der Waals surface area contributed by atoms with Crippen LogP contribution in [0.3, 0.4) is 0 Å². The maximum atomic E-state index is 14.8. The first-order chi connectivity index (χ1) is 17.2. The first kappa shape index (κ1) is 29.1. The number of nitrogens with zero attached hydrogens (tertiary/aromatic N) is 1. The van der Waals surface area contributed by atoms with Gasteiger partial charge in [0.05, 0.1) is 22.4 Å². The van der Waals surface area contributed by atoms with E-state index < -0.39 is 45.1 Å². The Labute approximate surface area is 223 Å². The molecular weight excluding hydrogens is 519 g/mol. The molecule has 2 aromatic carbocycles. The van der Waals surface area contributed by atoms with E-state index in [2.05, 4.69) is 4.72 Å². The highest BCUT2D eigenvalue weighted by Gasteiger charge is 2.35. The second-order valence-corrected chi connectivity index (χ2v) is 13.0. The number of amides is 1. The number of ether oxygens (including phenoxy) is 1. The quantitative estimate of drug-likeness (QED) is 0.452. The number of likely N-dealkylation sites (tertiary alicyclic amines) is 1. The summed E-state index contributed by atoms with van der Waals surface area (Å²) in [4.78, 5) is 26.9. The van der Waals surface area contributed by atoms with Gasteiger partial charge in [0, 0.05) is 13.1 Å². The molecule has 2 aromatic rings. The highest BCUT2D eigenvalue weighted by atomic mass is 35.5. The van der Waals surface area contributed by atoms with E-state index in [-0.39, 0.29) is 23.0 Å². The molecule has 7 nitrogen and oxygen atoms in total. The lowest BCUT2D eigenvalue weighted by atomic mass is 9.95. The topological polar surface area (TPSA) is 92.8 Å². The number of benzene rings is 2. The van der Waals surface area contributed by atoms with E-state index in [1.807, 2.05) is 31.2 Å². The molecule has 0 aromatic heterocycles. The zero-order valence-electron chi connectivity index (χ0n) is 21.8. The molecule has 0 aliphatic carbocycles. The number of piperidine rings is 1. The van der Waals surface area contributed by atoms with Crippen LogP contribution in [-0.2, 0) is 14.8 Å². The van der Waals surface area contributed by atoms with Gasteiger partial charge < -0.3 is 9.64 Å². The Morgan fingerprint density at radius 3 is 2.57 bits per heavy atom. The van der Waals surface area contributed by atoms with Crippen molar-refractivity contribution < 1.29 is 27.1 Å². The minimum atomic E-state index is -3.94. The van der Waals surface area contributed by atoms with E-state index in [1.54, 1.807) is 27.7 Å². The number of sulfonamides is 1. The fraction of sp³-hybridized carbons (Fsp3) is 0.481. The van der Waals surface area contributed by atoms with Crippen molar-refractivity contribution in [2.45, 2.75) is 58.3 Å². The van der Waals surface area contributed by atoms with Crippen molar-refractivity contribution in [3.05, 3.63) is 58.4 Å². The molecule has 3 rings (SSSR count). The summed E-state index contributed by atoms with van der Waals surface area (Å²) in [6.45, 7) is 8.88. The van der Waals surface area contributed by atoms with Crippen molar-refractivity contribution >= 4 is 33.5 Å². The molecule has 1 aliphatic rings. The van der Waals surface area contributed by atoms with E-state index in [0.29, 0.717) is 24.9 Å². The van der Waals surface area contributed by atoms with Gasteiger partial charge in [-0.15, -0.1) is 0 Å². The number of rotatable bonds is 7. The zero-order chi connectivity index (χ0) is 27.5. The summed E-state index contributed by atoms with van der Waals surface area (Å²) in [6, 6.07) is 10.3. The molecular formula is C27H34ClFN2O5S. The summed E-state index contributed by atoms with van der Waals surface area (Å²) < 4.78 is 48.6. The molecule has 0 radical (unpaired) electrons. The molecule has 1 aliphatic heterocycles. The summed E-state index contributed by atoms with van der Waals surface area (Å²) in [5, 5.41) is -1.10. The standard InChI is InChI=1S/C27H34ClFN2O5S/c1-17-8-6-9-19(12-17)21-13-22(25(29)23(28)14-21)24(32)15-30-37(34,35)18(2)20-10-7-11-31(16-20)26(33)36-27(3,4)5/h6,8-9,12-14,18,20,30H,7,10-11,15-16H2,1-5H3. The van der Waals surface area contributed by atoms with Gasteiger partial charge in [-0.1, -0.05) is 41.4 Å². The lowest BCUT2D eigenvalue weighted by molar-refractivity contribution is 0.0165. The van der Waals surface area contributed by atoms with Gasteiger partial charge in [0.15, 0.2) is 11.6 Å². The van der Waals surface area contributed by atoms with Crippen molar-refractivity contribution in [1.29, 1.82) is 0 Å². The summed E-state index contributed by atoms with van der Waals surface area (Å²) in [6.07, 6.45) is 0.766. The molecule has 2 atom stereocenters. The van der Waals surface area contributed by atoms with Crippen LogP contribution in [0.2, 0.25) is 5.02 Å². The first-order valence-electron chi connectivity index (χ1n) is 12.2. The highest BCUT2D eigenvalue weighted by Crippen LogP contribution is 2.29. The van der Waals surface area contributed by atoms with Crippen LogP contribution in [0.15, 0.2) is 36.4 Å². The van der Waals surface area contributed by atoms with E-state index in [9.17, 15) is 22.4 Å². The number of hydrogen-bond acceptors (Lipinski definition) is 5. The van der Waals surface area contributed by atoms with E-state index in [4.69, 9.17) is 16.3 Å². The van der Waals surface area contributed by atoms with Gasteiger partial charge in [-0.2, -0.15) is 0 Å². The first-order valence-corrected chi connectivity index (χ1v) is 14.2. The molecule has 10 heteroatoms. The van der Waals surface area contributed by atoms with Crippen molar-refractivity contribution in [3.63, 3.8) is 0 Å². The molecule has 0 bridgehead atoms. The third-order valence-corrected chi connectivity index (χ3v) is 8.56. The Kier molecular flexibility index (Phi) is 9.03. The molecule has 0 saturated carbocycles. The molecule has 1 fully saturated rings. The van der Waals surface area contributed by atoms with Crippen LogP contribution < -0.4 is 4.72 Å². The Bertz CT molecular complexity index is 1280. The predicted molar refractivity (Wildman–Crippen MR) is 143 cm³/mol. The van der Waals surface area contributed by atoms with Crippen LogP contribution in [0, 0.1) is 18.7 Å². The van der Waals surface area contributed by atoms with Gasteiger partial charge in [0.2, 0.25) is 10.0 Å². The van der Waals surface area contributed by atoms with Gasteiger partial charge >= 0.3 is 6.09 Å². The molecule has 2 unspecified atom stereocenters. The summed E-state index contributed by atoms with van der Waals surface area (Å²) in [5.41, 5.74) is 1.36. The van der Waals surface area contributed by atoms with E-state index in [0.717, 1.165) is 11.1 Å². The number of aryl methyl sites for hydroxylation is 1. The Morgan fingerprint density at radius 1 is 1.22 bits per heavy atom. The number of ketones is 1. The van der Waals surface area contributed by atoms with Crippen LogP contribution >= 0.6 is 11.6 Å². The predicted octanol–water partition coefficient (Wildman–Crippen LogP) is 5.59. The summed E-state index contributed by atoms with van der Waals surface area (Å²) in [5.74, 6) is -1.97. The summed E-state index contributed by atoms with van der Waals surface area (Å²) >= 11 is 6.07. The van der Waals surface area contributed by atoms with Crippen LogP contribution in [0.5, 0.6) is 0 Å². The third-order valence-electron chi connectivity index (χ3n) is 6.38. The maximum Gasteiger partial charge on any atom is 0.410 e. The van der Waals surface area contributed by atoms with Gasteiger partial charge in [0.1, 0.15) is 5.60 Å². The van der Waals surface area contributed by atoms with Crippen molar-refractivity contribution in [2.75, 3.05) is 19.6 Å². The highest BCUT2D eigenvalue weighted by molar-refractivity contribution is 7.90. The average Bonchev–Trinajstić information content (AvgIpc) is 2.82. The lowest BCUT2D eigenvalue weighted by Crippen LogP contribution is -2.48. The number of hydrogen-bond donors (Lipinski definition) is 1. The van der Waals surface area contributed by atoms with Gasteiger partial charge in [-0.3, -0.25) is 4.79 Å². The normalized spacial score (nSPS) is 17.4. The fourth-order valence-corrected chi connectivity index (χ4v) is 5.86. The maximum absolute atomic E-state index is 14.8. The Balaban J connectivity index is 1.70. The minimum absolute atomic E-state index is 0.219. The van der Waals surface area contributed by atoms with E-state index >= 15 is 0 Å². The smallest absolute Gasteiger partial charge is 0.410 e. The monoisotopic (exact) mass is 552 g/mol. The Morgan fingerprint density at radius 2 is 1.92 bits per heavy atom. The molecule has 1 N–H and O–H groups in total. The molecule has 1 amide bonds. The van der Waals surface area contributed by atoms with Crippen molar-refractivity contribution in [2.24, 2.45) is 5.92 Å². The zero-order valence-corrected chi connectivity index (χ0v) is 23.4. The minimum Gasteiger partial charge on any atom is -0.444 e. The van der Waals surface area contributed by atoms with Gasteiger partial charge in [0.25, 0.3) is 0 Å². The van der Waals surface area contributed by atoms with Crippen LogP contribution in [-0.4, -0.2) is 55.7 Å². The average molecular weight is 553 g/mol. The van der Waals surface area contributed by atoms with Crippen molar-refractivity contribution in [3.8, 4) is 11.1 Å². The lowest BCUT2D eigenvalue weighted by Gasteiger charge is -2.36. The molecule has 1 heterocycles. The van der Waals surface area contributed by atoms with Crippen LogP contribution in [0.25, 0.3) is 11.1 Å². The molecule has 202 valence electrons. The fourth-order valence-electron chi connectivity index (χ4n) is 4.31. The largest absolute Gasteiger partial charge is 0.444 e. The molecule has 0 spiro atoms. The second-order valence-electron chi connectivity index (χ2n) is 10.5. The number of Topliss-reactive ketones (excluding diaryl/α,β-unsaturated/α-hetero) is 1. The van der Waals surface area contributed by atoms with Gasteiger partial charge in [-0.05, 0) is 76.6 Å². The van der Waals surface area contributed by atoms with Crippen molar-refractivity contribution in [1.82, 2.24) is 9.62 Å². The summed E-state index contributed by atoms with van der Waals surface area (Å²) in [7, 11) is -3.94. The number of carbonyl (C=O) groups is 2. The second kappa shape index (κ2) is 11.5. The molecule has 37 heavy (non-hydrogen) atoms. The Hall–Kier alpha value is -2.49. The number of halogens is 2. The SMILES string of the molecule is Cc1cccc(-c2cc(Cl)c(F)c(C(=O)CNS(=O)(=O)C(C)C3CCCN(C(=O)OC(C)(C)C)C3)c2)c1. The van der Waals surface area contributed by atoms with Crippen LogP contribution in [0.1, 0.15) is 56.5 Å². The van der Waals surface area contributed by atoms with Crippen LogP contribution in [0.4, 0.5) is 9.18 Å². The molecule has 1 saturated heterocycles. The van der Waals surface area contributed by atoms with E-state index in [1.165, 1.54) is 17.0 Å². The third kappa shape index (κ3) is 7.52. The van der Waals surface area contributed by atoms with Gasteiger partial charge in [-0.25, -0.2) is 22.3 Å². The number of carbonyl (C=O) groups excluding carboxylic acids is 2. The number of nitrogens with one attached hydrogen (secondary N) is 1.